The Bertz CT molecular complexity index is 543. The molecule has 0 unspecified atom stereocenters. The van der Waals surface area contributed by atoms with Crippen LogP contribution < -0.4 is 11.1 Å². The Hall–Kier alpha value is -1.27. The zero-order valence-electron chi connectivity index (χ0n) is 13.5. The molecular formula is C17H24ClF3N2O. The van der Waals surface area contributed by atoms with Gasteiger partial charge in [-0.15, -0.1) is 12.4 Å². The van der Waals surface area contributed by atoms with Gasteiger partial charge in [0.25, 0.3) is 0 Å². The highest BCUT2D eigenvalue weighted by Gasteiger charge is 2.37. The minimum atomic E-state index is -4.35. The molecule has 0 heterocycles. The highest BCUT2D eigenvalue weighted by molar-refractivity contribution is 5.85. The Morgan fingerprint density at radius 1 is 1.21 bits per heavy atom. The van der Waals surface area contributed by atoms with Gasteiger partial charge in [0.15, 0.2) is 0 Å². The molecule has 1 aliphatic rings. The van der Waals surface area contributed by atoms with Crippen LogP contribution in [0.15, 0.2) is 24.3 Å². The number of alkyl halides is 3. The number of hydrogen-bond acceptors (Lipinski definition) is 2. The van der Waals surface area contributed by atoms with Gasteiger partial charge in [-0.05, 0) is 24.5 Å². The van der Waals surface area contributed by atoms with Crippen molar-refractivity contribution in [1.29, 1.82) is 0 Å². The van der Waals surface area contributed by atoms with Crippen LogP contribution in [-0.2, 0) is 16.4 Å². The fraction of sp³-hybridized carbons (Fsp3) is 0.588. The maximum Gasteiger partial charge on any atom is 0.416 e. The SMILES string of the molecule is Cl.NCCC(=O)NCC1(c2cccc(C(F)(F)F)c2)CCCCC1. The topological polar surface area (TPSA) is 55.1 Å². The zero-order chi connectivity index (χ0) is 16.9. The molecule has 0 aliphatic heterocycles. The van der Waals surface area contributed by atoms with E-state index in [2.05, 4.69) is 5.32 Å². The minimum absolute atomic E-state index is 0. The van der Waals surface area contributed by atoms with Crippen molar-refractivity contribution in [2.45, 2.75) is 50.1 Å². The van der Waals surface area contributed by atoms with Crippen molar-refractivity contribution < 1.29 is 18.0 Å². The summed E-state index contributed by atoms with van der Waals surface area (Å²) >= 11 is 0. The van der Waals surface area contributed by atoms with Crippen molar-refractivity contribution in [1.82, 2.24) is 5.32 Å². The lowest BCUT2D eigenvalue weighted by atomic mass is 9.69. The van der Waals surface area contributed by atoms with Crippen LogP contribution in [0.5, 0.6) is 0 Å². The van der Waals surface area contributed by atoms with Gasteiger partial charge in [0.2, 0.25) is 5.91 Å². The predicted octanol–water partition coefficient (Wildman–Crippen LogP) is 3.79. The average molecular weight is 365 g/mol. The van der Waals surface area contributed by atoms with Crippen LogP contribution in [0.3, 0.4) is 0 Å². The molecule has 1 fully saturated rings. The Morgan fingerprint density at radius 2 is 1.88 bits per heavy atom. The quantitative estimate of drug-likeness (QED) is 0.835. The summed E-state index contributed by atoms with van der Waals surface area (Å²) in [5.41, 5.74) is 4.99. The van der Waals surface area contributed by atoms with E-state index in [-0.39, 0.29) is 31.3 Å². The number of nitrogens with two attached hydrogens (primary N) is 1. The van der Waals surface area contributed by atoms with Gasteiger partial charge in [-0.25, -0.2) is 0 Å². The Kier molecular flexibility index (Phi) is 7.55. The normalized spacial score (nSPS) is 17.0. The van der Waals surface area contributed by atoms with Crippen molar-refractivity contribution in [3.05, 3.63) is 35.4 Å². The molecule has 3 N–H and O–H groups in total. The molecule has 1 aromatic rings. The van der Waals surface area contributed by atoms with E-state index < -0.39 is 17.2 Å². The second-order valence-electron chi connectivity index (χ2n) is 6.23. The van der Waals surface area contributed by atoms with Gasteiger partial charge in [0.05, 0.1) is 5.56 Å². The molecule has 24 heavy (non-hydrogen) atoms. The second-order valence-corrected chi connectivity index (χ2v) is 6.23. The maximum atomic E-state index is 13.0. The summed E-state index contributed by atoms with van der Waals surface area (Å²) in [6.45, 7) is 0.634. The first kappa shape index (κ1) is 20.8. The Balaban J connectivity index is 0.00000288. The van der Waals surface area contributed by atoms with Crippen molar-refractivity contribution in [2.24, 2.45) is 5.73 Å². The summed E-state index contributed by atoms with van der Waals surface area (Å²) in [6.07, 6.45) is 0.464. The number of carbonyl (C=O) groups excluding carboxylic acids is 1. The lowest BCUT2D eigenvalue weighted by molar-refractivity contribution is -0.137. The highest BCUT2D eigenvalue weighted by Crippen LogP contribution is 2.41. The molecule has 1 aromatic carbocycles. The lowest BCUT2D eigenvalue weighted by Gasteiger charge is -2.38. The van der Waals surface area contributed by atoms with E-state index in [1.54, 1.807) is 6.07 Å². The first-order chi connectivity index (χ1) is 10.9. The summed E-state index contributed by atoms with van der Waals surface area (Å²) < 4.78 is 39.0. The van der Waals surface area contributed by atoms with Crippen molar-refractivity contribution in [3.8, 4) is 0 Å². The van der Waals surface area contributed by atoms with E-state index in [0.29, 0.717) is 12.1 Å². The summed E-state index contributed by atoms with van der Waals surface area (Å²) in [5.74, 6) is -0.149. The lowest BCUT2D eigenvalue weighted by Crippen LogP contribution is -2.42. The summed E-state index contributed by atoms with van der Waals surface area (Å²) in [5, 5.41) is 2.85. The van der Waals surface area contributed by atoms with Gasteiger partial charge < -0.3 is 11.1 Å². The van der Waals surface area contributed by atoms with E-state index in [4.69, 9.17) is 5.73 Å². The number of hydrogen-bond donors (Lipinski definition) is 2. The van der Waals surface area contributed by atoms with Gasteiger partial charge in [-0.3, -0.25) is 4.79 Å². The fourth-order valence-corrected chi connectivity index (χ4v) is 3.31. The van der Waals surface area contributed by atoms with Crippen LogP contribution in [0.2, 0.25) is 0 Å². The van der Waals surface area contributed by atoms with Crippen LogP contribution in [0.4, 0.5) is 13.2 Å². The van der Waals surface area contributed by atoms with Gasteiger partial charge in [0, 0.05) is 24.9 Å². The maximum absolute atomic E-state index is 13.0. The van der Waals surface area contributed by atoms with E-state index in [1.807, 2.05) is 0 Å². The molecule has 0 radical (unpaired) electrons. The van der Waals surface area contributed by atoms with E-state index in [9.17, 15) is 18.0 Å². The molecule has 1 aliphatic carbocycles. The van der Waals surface area contributed by atoms with Crippen molar-refractivity contribution in [3.63, 3.8) is 0 Å². The molecule has 0 atom stereocenters. The Labute approximate surface area is 146 Å². The van der Waals surface area contributed by atoms with Crippen LogP contribution in [-0.4, -0.2) is 19.0 Å². The zero-order valence-corrected chi connectivity index (χ0v) is 14.3. The summed E-state index contributed by atoms with van der Waals surface area (Å²) in [7, 11) is 0. The monoisotopic (exact) mass is 364 g/mol. The molecule has 1 saturated carbocycles. The standard InChI is InChI=1S/C17H23F3N2O.ClH/c18-17(19,20)14-6-4-5-13(11-14)16(8-2-1-3-9-16)12-22-15(23)7-10-21;/h4-6,11H,1-3,7-10,12,21H2,(H,22,23);1H. The fourth-order valence-electron chi connectivity index (χ4n) is 3.31. The highest BCUT2D eigenvalue weighted by atomic mass is 35.5. The molecule has 7 heteroatoms. The molecule has 2 rings (SSSR count). The third kappa shape index (κ3) is 5.11. The number of carbonyl (C=O) groups is 1. The van der Waals surface area contributed by atoms with Crippen LogP contribution in [0.1, 0.15) is 49.7 Å². The summed E-state index contributed by atoms with van der Waals surface area (Å²) in [4.78, 5) is 11.7. The van der Waals surface area contributed by atoms with Crippen LogP contribution in [0, 0.1) is 0 Å². The molecule has 136 valence electrons. The van der Waals surface area contributed by atoms with E-state index >= 15 is 0 Å². The van der Waals surface area contributed by atoms with Crippen LogP contribution >= 0.6 is 12.4 Å². The van der Waals surface area contributed by atoms with Crippen LogP contribution in [0.25, 0.3) is 0 Å². The molecule has 0 spiro atoms. The molecular weight excluding hydrogens is 341 g/mol. The molecule has 0 saturated heterocycles. The average Bonchev–Trinajstić information content (AvgIpc) is 2.53. The minimum Gasteiger partial charge on any atom is -0.355 e. The molecule has 0 aromatic heterocycles. The second kappa shape index (κ2) is 8.72. The summed E-state index contributed by atoms with van der Waals surface area (Å²) in [6, 6.07) is 5.53. The van der Waals surface area contributed by atoms with Gasteiger partial charge >= 0.3 is 6.18 Å². The number of halogens is 4. The number of rotatable bonds is 5. The van der Waals surface area contributed by atoms with Crippen molar-refractivity contribution >= 4 is 18.3 Å². The predicted molar refractivity (Wildman–Crippen MR) is 90.1 cm³/mol. The van der Waals surface area contributed by atoms with Crippen molar-refractivity contribution in [2.75, 3.05) is 13.1 Å². The number of benzene rings is 1. The molecule has 3 nitrogen and oxygen atoms in total. The smallest absolute Gasteiger partial charge is 0.355 e. The first-order valence-electron chi connectivity index (χ1n) is 8.02. The van der Waals surface area contributed by atoms with Gasteiger partial charge in [-0.1, -0.05) is 37.5 Å². The third-order valence-corrected chi connectivity index (χ3v) is 4.61. The van der Waals surface area contributed by atoms with Gasteiger partial charge in [0.1, 0.15) is 0 Å². The first-order valence-corrected chi connectivity index (χ1v) is 8.02. The number of amides is 1. The third-order valence-electron chi connectivity index (χ3n) is 4.61. The molecule has 1 amide bonds. The Morgan fingerprint density at radius 3 is 2.46 bits per heavy atom. The molecule has 0 bridgehead atoms. The van der Waals surface area contributed by atoms with E-state index in [0.717, 1.165) is 38.2 Å². The number of nitrogens with one attached hydrogen (secondary N) is 1. The van der Waals surface area contributed by atoms with E-state index in [1.165, 1.54) is 12.1 Å². The van der Waals surface area contributed by atoms with Gasteiger partial charge in [-0.2, -0.15) is 13.2 Å². The largest absolute Gasteiger partial charge is 0.416 e.